The minimum absolute atomic E-state index is 0.00626. The molecule has 0 unspecified atom stereocenters. The van der Waals surface area contributed by atoms with Crippen molar-refractivity contribution in [3.63, 3.8) is 0 Å². The molecule has 6 amide bonds. The maximum Gasteiger partial charge on any atom is 0.270 e. The number of likely N-dealkylation sites (tertiary alicyclic amines) is 3. The summed E-state index contributed by atoms with van der Waals surface area (Å²) in [5, 5.41) is 14.9. The fourth-order valence-electron chi connectivity index (χ4n) is 14.7. The molecule has 3 aromatic heterocycles. The Kier molecular flexibility index (Phi) is 25.8. The van der Waals surface area contributed by atoms with Gasteiger partial charge in [-0.3, -0.25) is 28.8 Å². The normalized spacial score (nSPS) is 14.2. The largest absolute Gasteiger partial charge is 0.356 e. The average molecular weight is 1540 g/mol. The lowest BCUT2D eigenvalue weighted by Crippen LogP contribution is -2.43. The number of rotatable bonds is 20. The standard InChI is InChI=1S/C30H29Cl2N3O2.C30H30ClN3O2.C29H27ClFN3O2/c31-25-9-5-21(6-10-25)13-16-33-29(36)23-14-17-34(18-15-23)30(37)28-19-24-3-1-2-4-27(24)35(28)20-22-7-11-26(32)12-8-22;31-26-12-10-23(11-13-26)21-34-27-9-5-4-8-25(27)20-28(34)30(36)33-18-15-24(16-19-33)29(35)32-17-14-22-6-2-1-3-7-22;30-24-10-8-20(9-11-24)19-34-26-7-2-1-5-23(26)17-27(34)29(36)33-14-12-22(13-15-33)28(35)32-18-21-4-3-6-25(31)16-21/h1-12,19,23H,13-18,20H2,(H,33,36);1-13,20,24H,14-19,21H2,(H,32,35);1-11,16-17,22H,12-15,18-19H2,(H,32,35). The summed E-state index contributed by atoms with van der Waals surface area (Å²) >= 11 is 24.1. The molecule has 3 fully saturated rings. The van der Waals surface area contributed by atoms with Gasteiger partial charge in [0.15, 0.2) is 0 Å². The van der Waals surface area contributed by atoms with Crippen LogP contribution in [0.5, 0.6) is 0 Å². The maximum atomic E-state index is 13.6. The molecular formula is C89H86Cl4FN9O6. The quantitative estimate of drug-likeness (QED) is 0.0688. The summed E-state index contributed by atoms with van der Waals surface area (Å²) < 4.78 is 19.6. The summed E-state index contributed by atoms with van der Waals surface area (Å²) in [6, 6.07) is 77.2. The van der Waals surface area contributed by atoms with E-state index in [1.54, 1.807) is 12.1 Å². The number of piperidine rings is 3. The van der Waals surface area contributed by atoms with Crippen molar-refractivity contribution >= 4 is 115 Å². The molecule has 0 atom stereocenters. The number of nitrogens with zero attached hydrogens (tertiary/aromatic N) is 6. The van der Waals surface area contributed by atoms with Crippen molar-refractivity contribution in [1.82, 2.24) is 44.4 Å². The van der Waals surface area contributed by atoms with Gasteiger partial charge in [0.05, 0.1) is 0 Å². The van der Waals surface area contributed by atoms with E-state index in [0.29, 0.717) is 154 Å². The molecule has 12 aromatic rings. The molecule has 3 N–H and O–H groups in total. The number of aromatic nitrogens is 3. The zero-order valence-corrected chi connectivity index (χ0v) is 63.5. The summed E-state index contributed by atoms with van der Waals surface area (Å²) in [4.78, 5) is 84.6. The van der Waals surface area contributed by atoms with Crippen molar-refractivity contribution in [1.29, 1.82) is 0 Å². The van der Waals surface area contributed by atoms with E-state index in [9.17, 15) is 33.2 Å². The molecular weight excluding hydrogens is 1450 g/mol. The minimum Gasteiger partial charge on any atom is -0.356 e. The first-order valence-electron chi connectivity index (χ1n) is 37.3. The highest BCUT2D eigenvalue weighted by molar-refractivity contribution is 6.31. The van der Waals surface area contributed by atoms with Crippen molar-refractivity contribution in [2.45, 2.75) is 77.5 Å². The van der Waals surface area contributed by atoms with Gasteiger partial charge in [0.25, 0.3) is 17.7 Å². The van der Waals surface area contributed by atoms with Crippen LogP contribution in [0.15, 0.2) is 243 Å². The van der Waals surface area contributed by atoms with E-state index in [-0.39, 0.29) is 59.0 Å². The van der Waals surface area contributed by atoms with Crippen LogP contribution in [0.3, 0.4) is 0 Å². The monoisotopic (exact) mass is 1540 g/mol. The summed E-state index contributed by atoms with van der Waals surface area (Å²) in [5.41, 5.74) is 11.3. The van der Waals surface area contributed by atoms with Gasteiger partial charge in [0, 0.05) is 149 Å². The Morgan fingerprint density at radius 3 is 0.954 bits per heavy atom. The Morgan fingerprint density at radius 2 is 0.615 bits per heavy atom. The number of hydrogen-bond donors (Lipinski definition) is 3. The second kappa shape index (κ2) is 36.6. The van der Waals surface area contributed by atoms with Crippen molar-refractivity contribution in [3.8, 4) is 0 Å². The van der Waals surface area contributed by atoms with Crippen LogP contribution >= 0.6 is 46.4 Å². The Balaban J connectivity index is 0.000000144. The number of fused-ring (bicyclic) bond motifs is 3. The molecule has 0 spiro atoms. The van der Waals surface area contributed by atoms with Crippen LogP contribution in [-0.4, -0.2) is 116 Å². The summed E-state index contributed by atoms with van der Waals surface area (Å²) in [7, 11) is 0. The maximum absolute atomic E-state index is 13.6. The Morgan fingerprint density at radius 1 is 0.321 bits per heavy atom. The van der Waals surface area contributed by atoms with Crippen molar-refractivity contribution in [2.75, 3.05) is 52.4 Å². The number of nitrogens with one attached hydrogen (secondary N) is 3. The third-order valence-electron chi connectivity index (χ3n) is 20.8. The number of benzene rings is 9. The lowest BCUT2D eigenvalue weighted by molar-refractivity contribution is -0.127. The second-order valence-corrected chi connectivity index (χ2v) is 29.9. The van der Waals surface area contributed by atoms with Crippen LogP contribution < -0.4 is 16.0 Å². The van der Waals surface area contributed by atoms with Gasteiger partial charge in [-0.15, -0.1) is 0 Å². The van der Waals surface area contributed by atoms with Crippen LogP contribution in [0.1, 0.15) is 103 Å². The molecule has 0 bridgehead atoms. The third-order valence-corrected chi connectivity index (χ3v) is 21.9. The Bertz CT molecular complexity index is 5140. The number of hydrogen-bond acceptors (Lipinski definition) is 6. The second-order valence-electron chi connectivity index (χ2n) is 28.1. The van der Waals surface area contributed by atoms with Gasteiger partial charge in [-0.1, -0.05) is 192 Å². The number of amides is 6. The van der Waals surface area contributed by atoms with Crippen LogP contribution in [0, 0.1) is 23.6 Å². The van der Waals surface area contributed by atoms with Gasteiger partial charge in [-0.25, -0.2) is 4.39 Å². The highest BCUT2D eigenvalue weighted by Gasteiger charge is 2.33. The molecule has 20 heteroatoms. The van der Waals surface area contributed by atoms with Crippen molar-refractivity contribution in [3.05, 3.63) is 319 Å². The van der Waals surface area contributed by atoms with Crippen LogP contribution in [0.25, 0.3) is 32.7 Å². The van der Waals surface area contributed by atoms with E-state index >= 15 is 0 Å². The predicted molar refractivity (Wildman–Crippen MR) is 433 cm³/mol. The van der Waals surface area contributed by atoms with E-state index in [4.69, 9.17) is 46.4 Å². The van der Waals surface area contributed by atoms with Gasteiger partial charge in [-0.05, 0) is 182 Å². The van der Waals surface area contributed by atoms with E-state index in [1.165, 1.54) is 17.7 Å². The molecule has 0 saturated carbocycles. The lowest BCUT2D eigenvalue weighted by Gasteiger charge is -2.31. The molecule has 3 aliphatic heterocycles. The first-order chi connectivity index (χ1) is 53.0. The zero-order valence-electron chi connectivity index (χ0n) is 60.5. The zero-order chi connectivity index (χ0) is 75.8. The molecule has 9 aromatic carbocycles. The lowest BCUT2D eigenvalue weighted by atomic mass is 9.95. The molecule has 558 valence electrons. The van der Waals surface area contributed by atoms with Gasteiger partial charge < -0.3 is 44.4 Å². The molecule has 3 saturated heterocycles. The smallest absolute Gasteiger partial charge is 0.270 e. The molecule has 0 aliphatic carbocycles. The van der Waals surface area contributed by atoms with E-state index in [0.717, 1.165) is 73.4 Å². The van der Waals surface area contributed by atoms with Gasteiger partial charge >= 0.3 is 0 Å². The molecule has 109 heavy (non-hydrogen) atoms. The SMILES string of the molecule is O=C(NCCc1ccc(Cl)cc1)C1CCN(C(=O)c2cc3ccccc3n2Cc2ccc(Cl)cc2)CC1.O=C(NCCc1ccccc1)C1CCN(C(=O)c2cc3ccccc3n2Cc2ccc(Cl)cc2)CC1.O=C(NCc1cccc(F)c1)C1CCN(C(=O)c2cc3ccccc3n2Cc2ccc(Cl)cc2)CC1. The minimum atomic E-state index is -0.318. The van der Waals surface area contributed by atoms with Crippen LogP contribution in [0.2, 0.25) is 20.1 Å². The molecule has 3 aliphatic rings. The Hall–Kier alpha value is -10.5. The molecule has 6 heterocycles. The number of carbonyl (C=O) groups excluding carboxylic acids is 6. The van der Waals surface area contributed by atoms with Gasteiger partial charge in [-0.2, -0.15) is 0 Å². The summed E-state index contributed by atoms with van der Waals surface area (Å²) in [5.74, 6) is -0.506. The van der Waals surface area contributed by atoms with Crippen LogP contribution in [-0.2, 0) is 53.4 Å². The molecule has 0 radical (unpaired) electrons. The topological polar surface area (TPSA) is 163 Å². The van der Waals surface area contributed by atoms with E-state index < -0.39 is 0 Å². The van der Waals surface area contributed by atoms with Gasteiger partial charge in [0.2, 0.25) is 17.7 Å². The third kappa shape index (κ3) is 19.9. The number of para-hydroxylation sites is 3. The number of halogens is 5. The summed E-state index contributed by atoms with van der Waals surface area (Å²) in [6.45, 7) is 6.56. The highest BCUT2D eigenvalue weighted by atomic mass is 35.5. The predicted octanol–water partition coefficient (Wildman–Crippen LogP) is 17.4. The van der Waals surface area contributed by atoms with E-state index in [1.807, 2.05) is 221 Å². The molecule has 15 rings (SSSR count). The van der Waals surface area contributed by atoms with Crippen LogP contribution in [0.4, 0.5) is 4.39 Å². The Labute approximate surface area is 654 Å². The van der Waals surface area contributed by atoms with Gasteiger partial charge in [0.1, 0.15) is 22.9 Å². The van der Waals surface area contributed by atoms with Crippen molar-refractivity contribution in [2.24, 2.45) is 17.8 Å². The highest BCUT2D eigenvalue weighted by Crippen LogP contribution is 2.31. The fraction of sp³-hybridized carbons (Fsp3) is 0.258. The first kappa shape index (κ1) is 76.7. The summed E-state index contributed by atoms with van der Waals surface area (Å²) in [6.07, 6.45) is 5.46. The van der Waals surface area contributed by atoms with E-state index in [2.05, 4.69) is 41.8 Å². The first-order valence-corrected chi connectivity index (χ1v) is 38.8. The average Bonchev–Trinajstić information content (AvgIpc) is 1.65. The fourth-order valence-corrected chi connectivity index (χ4v) is 15.2. The van der Waals surface area contributed by atoms with Crippen molar-refractivity contribution < 1.29 is 33.2 Å². The molecule has 15 nitrogen and oxygen atoms in total. The number of carbonyl (C=O) groups is 6.